The van der Waals surface area contributed by atoms with Crippen LogP contribution in [0.4, 0.5) is 18.9 Å². The Morgan fingerprint density at radius 1 is 1.20 bits per heavy atom. The van der Waals surface area contributed by atoms with E-state index in [0.29, 0.717) is 0 Å². The van der Waals surface area contributed by atoms with Crippen molar-refractivity contribution in [3.8, 4) is 0 Å². The number of hydrogen-bond donors (Lipinski definition) is 2. The van der Waals surface area contributed by atoms with E-state index in [1.807, 2.05) is 0 Å². The largest absolute Gasteiger partial charge is 0.418 e. The fourth-order valence-corrected chi connectivity index (χ4v) is 1.43. The fraction of sp³-hybridized carbons (Fsp3) is 0.231. The highest BCUT2D eigenvalue weighted by atomic mass is 19.4. The first-order valence-electron chi connectivity index (χ1n) is 5.68. The lowest BCUT2D eigenvalue weighted by molar-refractivity contribution is -0.137. The molecular weight excluding hydrogens is 273 g/mol. The van der Waals surface area contributed by atoms with E-state index in [-0.39, 0.29) is 12.2 Å². The molecule has 108 valence electrons. The van der Waals surface area contributed by atoms with Crippen LogP contribution in [0, 0.1) is 0 Å². The number of hydrogen-bond acceptors (Lipinski definition) is 2. The highest BCUT2D eigenvalue weighted by Crippen LogP contribution is 2.34. The Morgan fingerprint density at radius 2 is 1.85 bits per heavy atom. The molecule has 1 aromatic carbocycles. The number of halogens is 3. The van der Waals surface area contributed by atoms with E-state index in [0.717, 1.165) is 12.1 Å². The summed E-state index contributed by atoms with van der Waals surface area (Å²) in [5, 5.41) is 4.43. The van der Waals surface area contributed by atoms with Crippen molar-refractivity contribution in [2.45, 2.75) is 12.6 Å². The van der Waals surface area contributed by atoms with Crippen molar-refractivity contribution in [1.82, 2.24) is 5.32 Å². The van der Waals surface area contributed by atoms with Gasteiger partial charge in [0.2, 0.25) is 11.8 Å². The third-order valence-corrected chi connectivity index (χ3v) is 2.27. The Balaban J connectivity index is 2.72. The lowest BCUT2D eigenvalue weighted by Gasteiger charge is -2.13. The molecule has 0 atom stereocenters. The molecule has 0 aromatic heterocycles. The summed E-state index contributed by atoms with van der Waals surface area (Å²) >= 11 is 0. The fourth-order valence-electron chi connectivity index (χ4n) is 1.43. The van der Waals surface area contributed by atoms with Crippen molar-refractivity contribution in [3.05, 3.63) is 42.5 Å². The van der Waals surface area contributed by atoms with Crippen molar-refractivity contribution >= 4 is 17.5 Å². The normalized spacial score (nSPS) is 10.8. The molecule has 0 heterocycles. The number of para-hydroxylation sites is 1. The SMILES string of the molecule is C=CCNC(=O)CC(=O)Nc1ccccc1C(F)(F)F. The predicted molar refractivity (Wildman–Crippen MR) is 67.9 cm³/mol. The van der Waals surface area contributed by atoms with Crippen LogP contribution in [0.5, 0.6) is 0 Å². The van der Waals surface area contributed by atoms with E-state index in [4.69, 9.17) is 0 Å². The minimum atomic E-state index is -4.57. The van der Waals surface area contributed by atoms with Gasteiger partial charge in [-0.15, -0.1) is 6.58 Å². The first kappa shape index (κ1) is 15.7. The minimum Gasteiger partial charge on any atom is -0.352 e. The molecule has 0 bridgehead atoms. The second-order valence-electron chi connectivity index (χ2n) is 3.86. The number of benzene rings is 1. The zero-order chi connectivity index (χ0) is 15.2. The summed E-state index contributed by atoms with van der Waals surface area (Å²) < 4.78 is 38.1. The Kier molecular flexibility index (Phi) is 5.31. The zero-order valence-corrected chi connectivity index (χ0v) is 10.5. The van der Waals surface area contributed by atoms with Gasteiger partial charge in [0.25, 0.3) is 0 Å². The first-order chi connectivity index (χ1) is 9.34. The minimum absolute atomic E-state index is 0.186. The van der Waals surface area contributed by atoms with Crippen LogP contribution in [-0.2, 0) is 15.8 Å². The number of carbonyl (C=O) groups is 2. The van der Waals surface area contributed by atoms with Crippen LogP contribution in [0.1, 0.15) is 12.0 Å². The molecule has 7 heteroatoms. The molecule has 0 aliphatic carbocycles. The van der Waals surface area contributed by atoms with Crippen LogP contribution >= 0.6 is 0 Å². The average Bonchev–Trinajstić information content (AvgIpc) is 2.35. The molecule has 2 N–H and O–H groups in total. The number of alkyl halides is 3. The van der Waals surface area contributed by atoms with Gasteiger partial charge >= 0.3 is 6.18 Å². The summed E-state index contributed by atoms with van der Waals surface area (Å²) in [5.74, 6) is -1.41. The summed E-state index contributed by atoms with van der Waals surface area (Å²) in [4.78, 5) is 22.7. The molecular formula is C13H13F3N2O2. The van der Waals surface area contributed by atoms with Crippen molar-refractivity contribution in [1.29, 1.82) is 0 Å². The molecule has 4 nitrogen and oxygen atoms in total. The second kappa shape index (κ2) is 6.74. The van der Waals surface area contributed by atoms with Crippen molar-refractivity contribution < 1.29 is 22.8 Å². The molecule has 2 amide bonds. The highest BCUT2D eigenvalue weighted by molar-refractivity contribution is 6.03. The van der Waals surface area contributed by atoms with Crippen LogP contribution in [0.2, 0.25) is 0 Å². The second-order valence-corrected chi connectivity index (χ2v) is 3.86. The average molecular weight is 286 g/mol. The van der Waals surface area contributed by atoms with E-state index in [9.17, 15) is 22.8 Å². The molecule has 0 unspecified atom stereocenters. The smallest absolute Gasteiger partial charge is 0.352 e. The van der Waals surface area contributed by atoms with Gasteiger partial charge in [0.15, 0.2) is 0 Å². The molecule has 1 rings (SSSR count). The van der Waals surface area contributed by atoms with Crippen LogP contribution in [-0.4, -0.2) is 18.4 Å². The molecule has 0 saturated carbocycles. The van der Waals surface area contributed by atoms with Crippen LogP contribution in [0.25, 0.3) is 0 Å². The van der Waals surface area contributed by atoms with Gasteiger partial charge in [-0.2, -0.15) is 13.2 Å². The Morgan fingerprint density at radius 3 is 2.45 bits per heavy atom. The topological polar surface area (TPSA) is 58.2 Å². The Labute approximate surface area is 113 Å². The lowest BCUT2D eigenvalue weighted by atomic mass is 10.1. The van der Waals surface area contributed by atoms with Gasteiger partial charge in [-0.1, -0.05) is 18.2 Å². The zero-order valence-electron chi connectivity index (χ0n) is 10.5. The van der Waals surface area contributed by atoms with Gasteiger partial charge in [0.05, 0.1) is 11.3 Å². The van der Waals surface area contributed by atoms with Crippen LogP contribution in [0.3, 0.4) is 0 Å². The summed E-state index contributed by atoms with van der Waals surface area (Å²) in [6, 6.07) is 4.56. The molecule has 0 saturated heterocycles. The van der Waals surface area contributed by atoms with Gasteiger partial charge < -0.3 is 10.6 Å². The van der Waals surface area contributed by atoms with E-state index in [2.05, 4.69) is 17.2 Å². The quantitative estimate of drug-likeness (QED) is 0.644. The monoisotopic (exact) mass is 286 g/mol. The highest BCUT2D eigenvalue weighted by Gasteiger charge is 2.33. The predicted octanol–water partition coefficient (Wildman–Crippen LogP) is 2.34. The third kappa shape index (κ3) is 4.75. The van der Waals surface area contributed by atoms with Gasteiger partial charge in [-0.05, 0) is 12.1 Å². The molecule has 20 heavy (non-hydrogen) atoms. The maximum Gasteiger partial charge on any atom is 0.418 e. The van der Waals surface area contributed by atoms with Crippen molar-refractivity contribution in [2.24, 2.45) is 0 Å². The van der Waals surface area contributed by atoms with E-state index in [1.54, 1.807) is 0 Å². The third-order valence-electron chi connectivity index (χ3n) is 2.27. The van der Waals surface area contributed by atoms with E-state index >= 15 is 0 Å². The summed E-state index contributed by atoms with van der Waals surface area (Å²) in [7, 11) is 0. The Hall–Kier alpha value is -2.31. The lowest BCUT2D eigenvalue weighted by Crippen LogP contribution is -2.28. The molecule has 0 spiro atoms. The molecule has 0 fully saturated rings. The standard InChI is InChI=1S/C13H13F3N2O2/c1-2-7-17-11(19)8-12(20)18-10-6-4-3-5-9(10)13(14,15)16/h2-6H,1,7-8H2,(H,17,19)(H,18,20). The van der Waals surface area contributed by atoms with E-state index < -0.39 is 30.0 Å². The van der Waals surface area contributed by atoms with Crippen molar-refractivity contribution in [3.63, 3.8) is 0 Å². The van der Waals surface area contributed by atoms with Crippen LogP contribution < -0.4 is 10.6 Å². The van der Waals surface area contributed by atoms with Gasteiger partial charge in [0, 0.05) is 6.54 Å². The number of anilines is 1. The van der Waals surface area contributed by atoms with Gasteiger partial charge in [0.1, 0.15) is 6.42 Å². The molecule has 0 aliphatic heterocycles. The van der Waals surface area contributed by atoms with Gasteiger partial charge in [-0.25, -0.2) is 0 Å². The number of rotatable bonds is 5. The summed E-state index contributed by atoms with van der Waals surface area (Å²) in [5.41, 5.74) is -1.33. The van der Waals surface area contributed by atoms with Gasteiger partial charge in [-0.3, -0.25) is 9.59 Å². The maximum atomic E-state index is 12.7. The van der Waals surface area contributed by atoms with Crippen molar-refractivity contribution in [2.75, 3.05) is 11.9 Å². The number of carbonyl (C=O) groups excluding carboxylic acids is 2. The summed E-state index contributed by atoms with van der Waals surface area (Å²) in [6.07, 6.45) is -3.70. The first-order valence-corrected chi connectivity index (χ1v) is 5.68. The number of nitrogens with one attached hydrogen (secondary N) is 2. The maximum absolute atomic E-state index is 12.7. The summed E-state index contributed by atoms with van der Waals surface area (Å²) in [6.45, 7) is 3.56. The van der Waals surface area contributed by atoms with Crippen LogP contribution in [0.15, 0.2) is 36.9 Å². The molecule has 1 aromatic rings. The molecule has 0 aliphatic rings. The number of amides is 2. The Bertz CT molecular complexity index is 513. The molecule has 0 radical (unpaired) electrons. The van der Waals surface area contributed by atoms with E-state index in [1.165, 1.54) is 18.2 Å².